The summed E-state index contributed by atoms with van der Waals surface area (Å²) >= 11 is 6.57. The van der Waals surface area contributed by atoms with Crippen LogP contribution < -0.4 is 0 Å². The quantitative estimate of drug-likeness (QED) is 0.635. The second-order valence-electron chi connectivity index (χ2n) is 5.99. The normalized spacial score (nSPS) is 12.7. The van der Waals surface area contributed by atoms with Crippen molar-refractivity contribution < 1.29 is 0 Å². The number of benzene rings is 2. The molecular formula is C19H23Cl. The van der Waals surface area contributed by atoms with Crippen LogP contribution in [0.15, 0.2) is 42.5 Å². The zero-order chi connectivity index (χ0) is 14.7. The molecule has 0 spiro atoms. The van der Waals surface area contributed by atoms with Crippen LogP contribution in [-0.4, -0.2) is 0 Å². The average Bonchev–Trinajstić information content (AvgIpc) is 2.40. The van der Waals surface area contributed by atoms with Gasteiger partial charge in [-0.15, -0.1) is 0 Å². The Labute approximate surface area is 127 Å². The average molecular weight is 287 g/mol. The summed E-state index contributed by atoms with van der Waals surface area (Å²) in [4.78, 5) is 0. The summed E-state index contributed by atoms with van der Waals surface area (Å²) in [6, 6.07) is 15.2. The molecule has 0 aliphatic heterocycles. The van der Waals surface area contributed by atoms with Gasteiger partial charge in [0.15, 0.2) is 0 Å². The van der Waals surface area contributed by atoms with Crippen LogP contribution in [-0.2, 0) is 6.42 Å². The molecular weight excluding hydrogens is 264 g/mol. The van der Waals surface area contributed by atoms with Gasteiger partial charge in [0, 0.05) is 5.02 Å². The molecule has 0 aromatic heterocycles. The second kappa shape index (κ2) is 6.45. The van der Waals surface area contributed by atoms with E-state index >= 15 is 0 Å². The Bertz CT molecular complexity index is 584. The van der Waals surface area contributed by atoms with E-state index in [1.807, 2.05) is 0 Å². The third kappa shape index (κ3) is 3.43. The Balaban J connectivity index is 2.24. The summed E-state index contributed by atoms with van der Waals surface area (Å²) in [7, 11) is 0. The van der Waals surface area contributed by atoms with Crippen LogP contribution in [0.4, 0.5) is 0 Å². The summed E-state index contributed by atoms with van der Waals surface area (Å²) in [5.74, 6) is 0.950. The van der Waals surface area contributed by atoms with Crippen molar-refractivity contribution in [1.29, 1.82) is 0 Å². The molecule has 106 valence electrons. The SMILES string of the molecule is Cc1cccc(C(C)Cc2cccc(C(C)C)c2Cl)c1. The zero-order valence-corrected chi connectivity index (χ0v) is 13.5. The molecule has 0 amide bonds. The zero-order valence-electron chi connectivity index (χ0n) is 12.8. The van der Waals surface area contributed by atoms with Crippen molar-refractivity contribution in [2.75, 3.05) is 0 Å². The predicted molar refractivity (Wildman–Crippen MR) is 88.8 cm³/mol. The molecule has 0 saturated carbocycles. The Kier molecular flexibility index (Phi) is 4.88. The van der Waals surface area contributed by atoms with Crippen molar-refractivity contribution in [3.63, 3.8) is 0 Å². The number of rotatable bonds is 4. The van der Waals surface area contributed by atoms with E-state index in [9.17, 15) is 0 Å². The Hall–Kier alpha value is -1.27. The summed E-state index contributed by atoms with van der Waals surface area (Å²) in [6.45, 7) is 8.79. The van der Waals surface area contributed by atoms with Crippen molar-refractivity contribution in [2.45, 2.75) is 46.0 Å². The van der Waals surface area contributed by atoms with E-state index in [1.54, 1.807) is 0 Å². The van der Waals surface area contributed by atoms with E-state index in [0.717, 1.165) is 11.4 Å². The van der Waals surface area contributed by atoms with Gasteiger partial charge in [-0.25, -0.2) is 0 Å². The third-order valence-electron chi connectivity index (χ3n) is 3.87. The fraction of sp³-hybridized carbons (Fsp3) is 0.368. The van der Waals surface area contributed by atoms with E-state index in [1.165, 1.54) is 22.3 Å². The van der Waals surface area contributed by atoms with Crippen molar-refractivity contribution in [3.8, 4) is 0 Å². The lowest BCUT2D eigenvalue weighted by Gasteiger charge is -2.16. The maximum Gasteiger partial charge on any atom is 0.0472 e. The first-order chi connectivity index (χ1) is 9.49. The molecule has 0 heterocycles. The van der Waals surface area contributed by atoms with Gasteiger partial charge in [-0.05, 0) is 41.9 Å². The number of hydrogen-bond donors (Lipinski definition) is 0. The molecule has 1 unspecified atom stereocenters. The van der Waals surface area contributed by atoms with Gasteiger partial charge in [0.1, 0.15) is 0 Å². The Morgan fingerprint density at radius 2 is 1.70 bits per heavy atom. The standard InChI is InChI=1S/C19H23Cl/c1-13(2)18-10-6-9-17(19(18)20)12-15(4)16-8-5-7-14(3)11-16/h5-11,13,15H,12H2,1-4H3. The molecule has 0 nitrogen and oxygen atoms in total. The van der Waals surface area contributed by atoms with E-state index < -0.39 is 0 Å². The van der Waals surface area contributed by atoms with Crippen molar-refractivity contribution in [3.05, 3.63) is 69.7 Å². The molecule has 2 rings (SSSR count). The molecule has 0 N–H and O–H groups in total. The predicted octanol–water partition coefficient (Wildman–Crippen LogP) is 6.12. The highest BCUT2D eigenvalue weighted by molar-refractivity contribution is 6.32. The van der Waals surface area contributed by atoms with E-state index in [2.05, 4.69) is 70.2 Å². The molecule has 2 aromatic carbocycles. The van der Waals surface area contributed by atoms with Crippen molar-refractivity contribution in [2.24, 2.45) is 0 Å². The molecule has 0 aliphatic rings. The second-order valence-corrected chi connectivity index (χ2v) is 6.37. The van der Waals surface area contributed by atoms with E-state index in [-0.39, 0.29) is 0 Å². The molecule has 0 aliphatic carbocycles. The van der Waals surface area contributed by atoms with Gasteiger partial charge >= 0.3 is 0 Å². The first kappa shape index (κ1) is 15.1. The smallest absolute Gasteiger partial charge is 0.0472 e. The molecule has 0 radical (unpaired) electrons. The van der Waals surface area contributed by atoms with Crippen LogP contribution in [0.25, 0.3) is 0 Å². The lowest BCUT2D eigenvalue weighted by Crippen LogP contribution is -2.01. The van der Waals surface area contributed by atoms with E-state index in [4.69, 9.17) is 11.6 Å². The molecule has 20 heavy (non-hydrogen) atoms. The minimum absolute atomic E-state index is 0.469. The van der Waals surface area contributed by atoms with Gasteiger partial charge in [0.25, 0.3) is 0 Å². The molecule has 1 atom stereocenters. The highest BCUT2D eigenvalue weighted by Gasteiger charge is 2.13. The van der Waals surface area contributed by atoms with Gasteiger partial charge in [0.2, 0.25) is 0 Å². The first-order valence-corrected chi connectivity index (χ1v) is 7.70. The molecule has 0 saturated heterocycles. The topological polar surface area (TPSA) is 0 Å². The van der Waals surface area contributed by atoms with Crippen molar-refractivity contribution >= 4 is 11.6 Å². The van der Waals surface area contributed by atoms with Crippen LogP contribution in [0, 0.1) is 6.92 Å². The van der Waals surface area contributed by atoms with Crippen molar-refractivity contribution in [1.82, 2.24) is 0 Å². The highest BCUT2D eigenvalue weighted by atomic mass is 35.5. The maximum absolute atomic E-state index is 6.57. The monoisotopic (exact) mass is 286 g/mol. The molecule has 0 fully saturated rings. The van der Waals surface area contributed by atoms with Gasteiger partial charge in [-0.3, -0.25) is 0 Å². The van der Waals surface area contributed by atoms with Crippen LogP contribution >= 0.6 is 11.6 Å². The van der Waals surface area contributed by atoms with Crippen LogP contribution in [0.3, 0.4) is 0 Å². The van der Waals surface area contributed by atoms with Gasteiger partial charge in [0.05, 0.1) is 0 Å². The third-order valence-corrected chi connectivity index (χ3v) is 4.33. The van der Waals surface area contributed by atoms with Crippen LogP contribution in [0.1, 0.15) is 54.9 Å². The summed E-state index contributed by atoms with van der Waals surface area (Å²) < 4.78 is 0. The Morgan fingerprint density at radius 3 is 2.35 bits per heavy atom. The van der Waals surface area contributed by atoms with E-state index in [0.29, 0.717) is 11.8 Å². The largest absolute Gasteiger partial charge is 0.0837 e. The van der Waals surface area contributed by atoms with Gasteiger partial charge < -0.3 is 0 Å². The van der Waals surface area contributed by atoms with Gasteiger partial charge in [-0.2, -0.15) is 0 Å². The highest BCUT2D eigenvalue weighted by Crippen LogP contribution is 2.31. The fourth-order valence-electron chi connectivity index (χ4n) is 2.63. The maximum atomic E-state index is 6.57. The summed E-state index contributed by atoms with van der Waals surface area (Å²) in [5.41, 5.74) is 5.21. The summed E-state index contributed by atoms with van der Waals surface area (Å²) in [5, 5.41) is 0.946. The summed E-state index contributed by atoms with van der Waals surface area (Å²) in [6.07, 6.45) is 0.989. The van der Waals surface area contributed by atoms with Crippen LogP contribution in [0.2, 0.25) is 5.02 Å². The molecule has 1 heteroatoms. The number of hydrogen-bond acceptors (Lipinski definition) is 0. The first-order valence-electron chi connectivity index (χ1n) is 7.33. The number of aryl methyl sites for hydroxylation is 1. The van der Waals surface area contributed by atoms with Crippen LogP contribution in [0.5, 0.6) is 0 Å². The number of halogens is 1. The minimum Gasteiger partial charge on any atom is -0.0837 e. The molecule has 2 aromatic rings. The fourth-order valence-corrected chi connectivity index (χ4v) is 3.05. The Morgan fingerprint density at radius 1 is 1.00 bits per heavy atom. The van der Waals surface area contributed by atoms with Gasteiger partial charge in [-0.1, -0.05) is 80.4 Å². The lowest BCUT2D eigenvalue weighted by atomic mass is 9.91. The lowest BCUT2D eigenvalue weighted by molar-refractivity contribution is 0.754. The molecule has 0 bridgehead atoms. The minimum atomic E-state index is 0.469.